The number of benzene rings is 3. The minimum absolute atomic E-state index is 0.00925. The molecule has 1 fully saturated rings. The van der Waals surface area contributed by atoms with Crippen molar-refractivity contribution in [1.29, 1.82) is 0 Å². The summed E-state index contributed by atoms with van der Waals surface area (Å²) < 4.78 is 5.59. The van der Waals surface area contributed by atoms with Crippen LogP contribution >= 0.6 is 0 Å². The fourth-order valence-corrected chi connectivity index (χ4v) is 3.67. The lowest BCUT2D eigenvalue weighted by Gasteiger charge is -2.26. The molecule has 1 heterocycles. The van der Waals surface area contributed by atoms with Crippen LogP contribution in [0.3, 0.4) is 0 Å². The van der Waals surface area contributed by atoms with Gasteiger partial charge in [-0.05, 0) is 72.0 Å². The molecule has 0 aliphatic carbocycles. The molecule has 0 spiro atoms. The van der Waals surface area contributed by atoms with Gasteiger partial charge < -0.3 is 14.7 Å². The van der Waals surface area contributed by atoms with Crippen LogP contribution in [0.1, 0.15) is 35.2 Å². The van der Waals surface area contributed by atoms with Gasteiger partial charge in [0.25, 0.3) is 11.8 Å². The zero-order chi connectivity index (χ0) is 22.3. The van der Waals surface area contributed by atoms with Crippen LogP contribution in [-0.2, 0) is 4.79 Å². The van der Waals surface area contributed by atoms with Crippen molar-refractivity contribution >= 4 is 28.8 Å². The zero-order valence-electron chi connectivity index (χ0n) is 17.7. The first-order valence-electron chi connectivity index (χ1n) is 10.7. The first kappa shape index (κ1) is 21.4. The minimum Gasteiger partial charge on any atom is -0.507 e. The van der Waals surface area contributed by atoms with Gasteiger partial charge in [0.15, 0.2) is 6.61 Å². The molecule has 1 aliphatic rings. The van der Waals surface area contributed by atoms with Crippen LogP contribution in [0.15, 0.2) is 65.8 Å². The number of carbonyl (C=O) groups excluding carboxylic acids is 2. The quantitative estimate of drug-likeness (QED) is 0.460. The van der Waals surface area contributed by atoms with Crippen molar-refractivity contribution in [2.24, 2.45) is 5.10 Å². The van der Waals surface area contributed by atoms with Gasteiger partial charge in [0.2, 0.25) is 0 Å². The summed E-state index contributed by atoms with van der Waals surface area (Å²) in [5, 5.41) is 15.8. The first-order valence-corrected chi connectivity index (χ1v) is 10.7. The Hall–Kier alpha value is -3.87. The standard InChI is InChI=1S/C25H25N3O4/c29-23-15-20-7-3-2-6-19(20)14-22(23)25(31)27-26-16-18-8-10-21(11-9-18)32-17-24(30)28-12-4-1-5-13-28/h2-3,6-11,14-16,29H,1,4-5,12-13,17H2,(H,27,31)/b26-16+. The SMILES string of the molecule is O=C(N/N=C/c1ccc(OCC(=O)N2CCCCC2)cc1)c1cc2ccccc2cc1O. The molecule has 1 saturated heterocycles. The first-order chi connectivity index (χ1) is 15.6. The summed E-state index contributed by atoms with van der Waals surface area (Å²) in [4.78, 5) is 26.4. The zero-order valence-corrected chi connectivity index (χ0v) is 17.7. The number of hydrazone groups is 1. The van der Waals surface area contributed by atoms with Gasteiger partial charge in [-0.25, -0.2) is 5.43 Å². The molecule has 4 rings (SSSR count). The van der Waals surface area contributed by atoms with E-state index in [1.54, 1.807) is 36.4 Å². The second-order valence-corrected chi connectivity index (χ2v) is 7.71. The van der Waals surface area contributed by atoms with E-state index >= 15 is 0 Å². The van der Waals surface area contributed by atoms with Gasteiger partial charge >= 0.3 is 0 Å². The van der Waals surface area contributed by atoms with E-state index in [-0.39, 0.29) is 23.8 Å². The molecule has 2 N–H and O–H groups in total. The molecular formula is C25H25N3O4. The topological polar surface area (TPSA) is 91.2 Å². The van der Waals surface area contributed by atoms with E-state index in [1.165, 1.54) is 12.6 Å². The molecule has 0 radical (unpaired) electrons. The Morgan fingerprint density at radius 2 is 1.69 bits per heavy atom. The maximum absolute atomic E-state index is 12.4. The van der Waals surface area contributed by atoms with Gasteiger partial charge in [0.1, 0.15) is 11.5 Å². The van der Waals surface area contributed by atoms with Crippen LogP contribution in [0.2, 0.25) is 0 Å². The highest BCUT2D eigenvalue weighted by Gasteiger charge is 2.16. The number of fused-ring (bicyclic) bond motifs is 1. The number of nitrogens with zero attached hydrogens (tertiary/aromatic N) is 2. The maximum atomic E-state index is 12.4. The number of ether oxygens (including phenoxy) is 1. The van der Waals surface area contributed by atoms with Crippen LogP contribution in [0, 0.1) is 0 Å². The van der Waals surface area contributed by atoms with Gasteiger partial charge in [0.05, 0.1) is 11.8 Å². The molecule has 0 unspecified atom stereocenters. The molecule has 1 aliphatic heterocycles. The van der Waals surface area contributed by atoms with E-state index in [0.29, 0.717) is 5.75 Å². The number of rotatable bonds is 6. The third-order valence-electron chi connectivity index (χ3n) is 5.44. The summed E-state index contributed by atoms with van der Waals surface area (Å²) in [5.41, 5.74) is 3.34. The molecule has 32 heavy (non-hydrogen) atoms. The highest BCUT2D eigenvalue weighted by molar-refractivity contribution is 6.01. The lowest BCUT2D eigenvalue weighted by molar-refractivity contribution is -0.134. The molecule has 0 aromatic heterocycles. The summed E-state index contributed by atoms with van der Waals surface area (Å²) in [6.45, 7) is 1.64. The Balaban J connectivity index is 1.30. The number of amides is 2. The highest BCUT2D eigenvalue weighted by atomic mass is 16.5. The van der Waals surface area contributed by atoms with E-state index in [1.807, 2.05) is 29.2 Å². The van der Waals surface area contributed by atoms with Gasteiger partial charge in [0, 0.05) is 13.1 Å². The molecule has 3 aromatic carbocycles. The second kappa shape index (κ2) is 9.96. The highest BCUT2D eigenvalue weighted by Crippen LogP contribution is 2.24. The van der Waals surface area contributed by atoms with Gasteiger partial charge in [-0.3, -0.25) is 9.59 Å². The van der Waals surface area contributed by atoms with Crippen molar-refractivity contribution in [2.75, 3.05) is 19.7 Å². The van der Waals surface area contributed by atoms with Crippen molar-refractivity contribution in [3.63, 3.8) is 0 Å². The predicted octanol–water partition coefficient (Wildman–Crippen LogP) is 3.70. The Kier molecular flexibility index (Phi) is 6.65. The van der Waals surface area contributed by atoms with Crippen molar-refractivity contribution in [2.45, 2.75) is 19.3 Å². The number of nitrogens with one attached hydrogen (secondary N) is 1. The number of phenolic OH excluding ortho intramolecular Hbond substituents is 1. The number of phenols is 1. The average Bonchev–Trinajstić information content (AvgIpc) is 2.83. The van der Waals surface area contributed by atoms with E-state index in [9.17, 15) is 14.7 Å². The fourth-order valence-electron chi connectivity index (χ4n) is 3.67. The van der Waals surface area contributed by atoms with Crippen LogP contribution in [0.5, 0.6) is 11.5 Å². The summed E-state index contributed by atoms with van der Waals surface area (Å²) >= 11 is 0. The summed E-state index contributed by atoms with van der Waals surface area (Å²) in [7, 11) is 0. The van der Waals surface area contributed by atoms with Crippen LogP contribution < -0.4 is 10.2 Å². The number of piperidine rings is 1. The Labute approximate surface area is 186 Å². The molecular weight excluding hydrogens is 406 g/mol. The van der Waals surface area contributed by atoms with Crippen molar-refractivity contribution in [3.8, 4) is 11.5 Å². The third kappa shape index (κ3) is 5.24. The molecule has 3 aromatic rings. The number of hydrogen-bond acceptors (Lipinski definition) is 5. The lowest BCUT2D eigenvalue weighted by Crippen LogP contribution is -2.38. The molecule has 0 saturated carbocycles. The third-order valence-corrected chi connectivity index (χ3v) is 5.44. The van der Waals surface area contributed by atoms with E-state index in [4.69, 9.17) is 4.74 Å². The fraction of sp³-hybridized carbons (Fsp3) is 0.240. The monoisotopic (exact) mass is 431 g/mol. The minimum atomic E-state index is -0.499. The van der Waals surface area contributed by atoms with Gasteiger partial charge in [-0.1, -0.05) is 24.3 Å². The number of carbonyl (C=O) groups is 2. The average molecular weight is 431 g/mol. The van der Waals surface area contributed by atoms with Crippen LogP contribution in [0.25, 0.3) is 10.8 Å². The van der Waals surface area contributed by atoms with Crippen molar-refractivity contribution in [3.05, 3.63) is 71.8 Å². The smallest absolute Gasteiger partial charge is 0.275 e. The van der Waals surface area contributed by atoms with E-state index in [2.05, 4.69) is 10.5 Å². The normalized spacial score (nSPS) is 13.9. The van der Waals surface area contributed by atoms with Gasteiger partial charge in [-0.15, -0.1) is 0 Å². The lowest BCUT2D eigenvalue weighted by atomic mass is 10.1. The summed E-state index contributed by atoms with van der Waals surface area (Å²) in [6, 6.07) is 17.7. The van der Waals surface area contributed by atoms with Gasteiger partial charge in [-0.2, -0.15) is 5.10 Å². The second-order valence-electron chi connectivity index (χ2n) is 7.71. The molecule has 7 nitrogen and oxygen atoms in total. The molecule has 0 bridgehead atoms. The van der Waals surface area contributed by atoms with E-state index in [0.717, 1.165) is 42.3 Å². The number of hydrogen-bond donors (Lipinski definition) is 2. The van der Waals surface area contributed by atoms with E-state index < -0.39 is 5.91 Å². The van der Waals surface area contributed by atoms with Crippen molar-refractivity contribution < 1.29 is 19.4 Å². The number of likely N-dealkylation sites (tertiary alicyclic amines) is 1. The van der Waals surface area contributed by atoms with Crippen LogP contribution in [0.4, 0.5) is 0 Å². The molecule has 164 valence electrons. The Morgan fingerprint density at radius 3 is 2.41 bits per heavy atom. The van der Waals surface area contributed by atoms with Crippen molar-refractivity contribution in [1.82, 2.24) is 10.3 Å². The number of aromatic hydroxyl groups is 1. The molecule has 7 heteroatoms. The predicted molar refractivity (Wildman–Crippen MR) is 123 cm³/mol. The largest absolute Gasteiger partial charge is 0.507 e. The summed E-state index contributed by atoms with van der Waals surface area (Å²) in [5.74, 6) is 0.00492. The van der Waals surface area contributed by atoms with Crippen LogP contribution in [-0.4, -0.2) is 47.7 Å². The summed E-state index contributed by atoms with van der Waals surface area (Å²) in [6.07, 6.45) is 4.78. The molecule has 2 amide bonds. The molecule has 0 atom stereocenters. The Bertz CT molecular complexity index is 1140. The maximum Gasteiger partial charge on any atom is 0.275 e. The Morgan fingerprint density at radius 1 is 1.00 bits per heavy atom.